The highest BCUT2D eigenvalue weighted by atomic mass is 32.1. The Morgan fingerprint density at radius 3 is 2.78 bits per heavy atom. The standard InChI is InChI=1S/C22H20F3N3O3S/c1-13(29)28-9-8-14-4-2-3-5-16(14)18(28)11-20(30)27-21-26-17-7-6-15(10-19(17)32-21)31-12-22(23,24)25/h2-7,10,18H,8-9,11-12H2,1H3,(H,26,27,30). The van der Waals surface area contributed by atoms with Gasteiger partial charge in [0.25, 0.3) is 0 Å². The number of nitrogens with zero attached hydrogens (tertiary/aromatic N) is 2. The summed E-state index contributed by atoms with van der Waals surface area (Å²) in [6, 6.07) is 11.8. The second-order valence-corrected chi connectivity index (χ2v) is 8.51. The summed E-state index contributed by atoms with van der Waals surface area (Å²) in [5, 5.41) is 3.08. The van der Waals surface area contributed by atoms with Crippen molar-refractivity contribution in [3.05, 3.63) is 53.6 Å². The molecule has 0 bridgehead atoms. The number of carbonyl (C=O) groups is 2. The number of hydrogen-bond donors (Lipinski definition) is 1. The fraction of sp³-hybridized carbons (Fsp3) is 0.318. The number of carbonyl (C=O) groups excluding carboxylic acids is 2. The maximum Gasteiger partial charge on any atom is 0.422 e. The van der Waals surface area contributed by atoms with Gasteiger partial charge in [-0.25, -0.2) is 4.98 Å². The quantitative estimate of drug-likeness (QED) is 0.595. The monoisotopic (exact) mass is 463 g/mol. The largest absolute Gasteiger partial charge is 0.484 e. The van der Waals surface area contributed by atoms with E-state index in [1.165, 1.54) is 19.1 Å². The Hall–Kier alpha value is -3.14. The first-order chi connectivity index (χ1) is 15.2. The van der Waals surface area contributed by atoms with E-state index in [1.807, 2.05) is 24.3 Å². The van der Waals surface area contributed by atoms with Gasteiger partial charge < -0.3 is 15.0 Å². The highest BCUT2D eigenvalue weighted by Gasteiger charge is 2.31. The molecule has 4 rings (SSSR count). The molecule has 1 N–H and O–H groups in total. The molecule has 0 saturated carbocycles. The number of benzene rings is 2. The Morgan fingerprint density at radius 2 is 2.03 bits per heavy atom. The van der Waals surface area contributed by atoms with E-state index >= 15 is 0 Å². The van der Waals surface area contributed by atoms with Crippen molar-refractivity contribution in [2.24, 2.45) is 0 Å². The average molecular weight is 463 g/mol. The molecule has 0 fully saturated rings. The summed E-state index contributed by atoms with van der Waals surface area (Å²) in [5.41, 5.74) is 2.62. The Labute approximate surface area is 186 Å². The molecule has 1 aromatic heterocycles. The third kappa shape index (κ3) is 5.01. The predicted octanol–water partition coefficient (Wildman–Crippen LogP) is 4.71. The molecule has 0 saturated heterocycles. The lowest BCUT2D eigenvalue weighted by Crippen LogP contribution is -2.40. The van der Waals surface area contributed by atoms with Crippen LogP contribution in [0.2, 0.25) is 0 Å². The zero-order chi connectivity index (χ0) is 22.9. The molecular formula is C22H20F3N3O3S. The van der Waals surface area contributed by atoms with E-state index in [0.29, 0.717) is 21.9 Å². The van der Waals surface area contributed by atoms with E-state index < -0.39 is 12.8 Å². The molecule has 6 nitrogen and oxygen atoms in total. The molecule has 1 unspecified atom stereocenters. The lowest BCUT2D eigenvalue weighted by atomic mass is 9.90. The Bertz CT molecular complexity index is 1160. The number of ether oxygens (including phenoxy) is 1. The number of alkyl halides is 3. The first kappa shape index (κ1) is 22.1. The third-order valence-corrected chi connectivity index (χ3v) is 6.14. The van der Waals surface area contributed by atoms with Gasteiger partial charge in [-0.3, -0.25) is 9.59 Å². The average Bonchev–Trinajstić information content (AvgIpc) is 3.13. The van der Waals surface area contributed by atoms with Crippen LogP contribution >= 0.6 is 11.3 Å². The topological polar surface area (TPSA) is 71.5 Å². The van der Waals surface area contributed by atoms with E-state index in [2.05, 4.69) is 10.3 Å². The van der Waals surface area contributed by atoms with Crippen LogP contribution in [0.15, 0.2) is 42.5 Å². The number of halogens is 3. The van der Waals surface area contributed by atoms with E-state index in [-0.39, 0.29) is 30.0 Å². The number of fused-ring (bicyclic) bond motifs is 2. The number of nitrogens with one attached hydrogen (secondary N) is 1. The maximum atomic E-state index is 12.8. The Balaban J connectivity index is 1.48. The van der Waals surface area contributed by atoms with E-state index in [1.54, 1.807) is 11.0 Å². The van der Waals surface area contributed by atoms with Crippen LogP contribution in [0.4, 0.5) is 18.3 Å². The van der Waals surface area contributed by atoms with Crippen molar-refractivity contribution in [3.63, 3.8) is 0 Å². The molecule has 2 heterocycles. The van der Waals surface area contributed by atoms with Crippen LogP contribution in [-0.4, -0.2) is 41.0 Å². The highest BCUT2D eigenvalue weighted by Crippen LogP contribution is 2.34. The van der Waals surface area contributed by atoms with Crippen molar-refractivity contribution >= 4 is 38.5 Å². The molecule has 168 valence electrons. The van der Waals surface area contributed by atoms with Gasteiger partial charge in [0.15, 0.2) is 11.7 Å². The normalized spacial score (nSPS) is 16.0. The first-order valence-electron chi connectivity index (χ1n) is 9.94. The molecule has 3 aromatic rings. The number of thiazole rings is 1. The van der Waals surface area contributed by atoms with Crippen molar-refractivity contribution < 1.29 is 27.5 Å². The van der Waals surface area contributed by atoms with Crippen molar-refractivity contribution in [2.45, 2.75) is 32.0 Å². The predicted molar refractivity (Wildman–Crippen MR) is 115 cm³/mol. The lowest BCUT2D eigenvalue weighted by molar-refractivity contribution is -0.153. The molecular weight excluding hydrogens is 443 g/mol. The second-order valence-electron chi connectivity index (χ2n) is 7.48. The van der Waals surface area contributed by atoms with Crippen LogP contribution in [0, 0.1) is 0 Å². The minimum atomic E-state index is -4.42. The number of hydrogen-bond acceptors (Lipinski definition) is 5. The highest BCUT2D eigenvalue weighted by molar-refractivity contribution is 7.22. The minimum Gasteiger partial charge on any atom is -0.484 e. The van der Waals surface area contributed by atoms with Crippen LogP contribution in [-0.2, 0) is 16.0 Å². The number of aromatic nitrogens is 1. The van der Waals surface area contributed by atoms with Crippen LogP contribution in [0.1, 0.15) is 30.5 Å². The molecule has 0 aliphatic carbocycles. The molecule has 1 aliphatic rings. The van der Waals surface area contributed by atoms with Crippen LogP contribution in [0.25, 0.3) is 10.2 Å². The molecule has 0 spiro atoms. The van der Waals surface area contributed by atoms with Gasteiger partial charge >= 0.3 is 6.18 Å². The summed E-state index contributed by atoms with van der Waals surface area (Å²) in [7, 11) is 0. The molecule has 0 radical (unpaired) electrons. The summed E-state index contributed by atoms with van der Waals surface area (Å²) < 4.78 is 42.4. The van der Waals surface area contributed by atoms with Gasteiger partial charge in [0.2, 0.25) is 11.8 Å². The van der Waals surface area contributed by atoms with E-state index in [4.69, 9.17) is 4.74 Å². The van der Waals surface area contributed by atoms with Crippen molar-refractivity contribution in [2.75, 3.05) is 18.5 Å². The fourth-order valence-electron chi connectivity index (χ4n) is 3.81. The molecule has 2 amide bonds. The van der Waals surface area contributed by atoms with Gasteiger partial charge in [-0.05, 0) is 35.7 Å². The minimum absolute atomic E-state index is 0.0759. The SMILES string of the molecule is CC(=O)N1CCc2ccccc2C1CC(=O)Nc1nc2ccc(OCC(F)(F)F)cc2s1. The molecule has 2 aromatic carbocycles. The lowest BCUT2D eigenvalue weighted by Gasteiger charge is -2.36. The summed E-state index contributed by atoms with van der Waals surface area (Å²) >= 11 is 1.14. The number of anilines is 1. The molecule has 10 heteroatoms. The third-order valence-electron chi connectivity index (χ3n) is 5.20. The van der Waals surface area contributed by atoms with Gasteiger partial charge in [-0.15, -0.1) is 0 Å². The van der Waals surface area contributed by atoms with Gasteiger partial charge in [0.1, 0.15) is 5.75 Å². The summed E-state index contributed by atoms with van der Waals surface area (Å²) in [6.07, 6.45) is -3.61. The Kier molecular flexibility index (Phi) is 6.05. The Morgan fingerprint density at radius 1 is 1.25 bits per heavy atom. The van der Waals surface area contributed by atoms with Crippen molar-refractivity contribution in [3.8, 4) is 5.75 Å². The molecule has 1 aliphatic heterocycles. The van der Waals surface area contributed by atoms with Crippen LogP contribution < -0.4 is 10.1 Å². The van der Waals surface area contributed by atoms with Crippen molar-refractivity contribution in [1.82, 2.24) is 9.88 Å². The number of rotatable bonds is 5. The van der Waals surface area contributed by atoms with Crippen molar-refractivity contribution in [1.29, 1.82) is 0 Å². The van der Waals surface area contributed by atoms with Gasteiger partial charge in [-0.2, -0.15) is 13.2 Å². The maximum absolute atomic E-state index is 12.8. The summed E-state index contributed by atoms with van der Waals surface area (Å²) in [5.74, 6) is -0.318. The summed E-state index contributed by atoms with van der Waals surface area (Å²) in [6.45, 7) is 0.660. The zero-order valence-corrected chi connectivity index (χ0v) is 17.9. The van der Waals surface area contributed by atoms with E-state index in [0.717, 1.165) is 28.9 Å². The number of amides is 2. The first-order valence-corrected chi connectivity index (χ1v) is 10.8. The zero-order valence-electron chi connectivity index (χ0n) is 17.1. The van der Waals surface area contributed by atoms with Gasteiger partial charge in [-0.1, -0.05) is 35.6 Å². The molecule has 1 atom stereocenters. The fourth-order valence-corrected chi connectivity index (χ4v) is 4.72. The van der Waals surface area contributed by atoms with Crippen LogP contribution in [0.3, 0.4) is 0 Å². The van der Waals surface area contributed by atoms with Gasteiger partial charge in [0.05, 0.1) is 22.7 Å². The second kappa shape index (κ2) is 8.78. The van der Waals surface area contributed by atoms with E-state index in [9.17, 15) is 22.8 Å². The molecule has 32 heavy (non-hydrogen) atoms. The van der Waals surface area contributed by atoms with Crippen LogP contribution in [0.5, 0.6) is 5.75 Å². The smallest absolute Gasteiger partial charge is 0.422 e. The summed E-state index contributed by atoms with van der Waals surface area (Å²) in [4.78, 5) is 30.9. The van der Waals surface area contributed by atoms with Gasteiger partial charge in [0, 0.05) is 13.5 Å².